The molecule has 1 rings (SSSR count). The number of halogens is 1. The average molecular weight is 239 g/mol. The van der Waals surface area contributed by atoms with Crippen molar-refractivity contribution in [3.05, 3.63) is 29.3 Å². The summed E-state index contributed by atoms with van der Waals surface area (Å²) in [5.74, 6) is -0.746. The summed E-state index contributed by atoms with van der Waals surface area (Å²) < 4.78 is 0. The van der Waals surface area contributed by atoms with Gasteiger partial charge in [0.15, 0.2) is 17.3 Å². The van der Waals surface area contributed by atoms with Crippen LogP contribution < -0.4 is 5.43 Å². The molecule has 0 radical (unpaired) electrons. The molecular weight excluding hydrogens is 228 g/mol. The number of nitrogens with one attached hydrogen (secondary N) is 1. The minimum atomic E-state index is -0.373. The van der Waals surface area contributed by atoms with E-state index in [2.05, 4.69) is 10.5 Å². The van der Waals surface area contributed by atoms with Crippen molar-refractivity contribution in [3.8, 4) is 0 Å². The Morgan fingerprint density at radius 1 is 1.25 bits per heavy atom. The number of benzene rings is 1. The number of rotatable bonds is 4. The maximum absolute atomic E-state index is 11.1. The second-order valence-corrected chi connectivity index (χ2v) is 3.63. The summed E-state index contributed by atoms with van der Waals surface area (Å²) >= 11 is 5.76. The van der Waals surface area contributed by atoms with Crippen molar-refractivity contribution in [3.63, 3.8) is 0 Å². The summed E-state index contributed by atoms with van der Waals surface area (Å²) in [6, 6.07) is 6.82. The highest BCUT2D eigenvalue weighted by molar-refractivity contribution is 6.65. The molecule has 0 saturated carbocycles. The first-order chi connectivity index (χ1) is 7.50. The van der Waals surface area contributed by atoms with Gasteiger partial charge in [-0.25, -0.2) is 0 Å². The Morgan fingerprint density at radius 2 is 1.88 bits per heavy atom. The van der Waals surface area contributed by atoms with Crippen molar-refractivity contribution in [1.82, 2.24) is 0 Å². The fourth-order valence-electron chi connectivity index (χ4n) is 1.08. The molecule has 0 aromatic heterocycles. The van der Waals surface area contributed by atoms with Gasteiger partial charge in [0.1, 0.15) is 0 Å². The summed E-state index contributed by atoms with van der Waals surface area (Å²) in [6.07, 6.45) is 0. The van der Waals surface area contributed by atoms with Crippen molar-refractivity contribution in [2.75, 3.05) is 5.43 Å². The van der Waals surface area contributed by atoms with Gasteiger partial charge in [0.25, 0.3) is 0 Å². The SMILES string of the molecule is CC(=O)C(=NNc1cccc(Cl)c1)C(C)=O. The predicted octanol–water partition coefficient (Wildman–Crippen LogP) is 2.29. The zero-order valence-electron chi connectivity index (χ0n) is 8.95. The highest BCUT2D eigenvalue weighted by atomic mass is 35.5. The molecular formula is C11H11ClN2O2. The van der Waals surface area contributed by atoms with E-state index >= 15 is 0 Å². The van der Waals surface area contributed by atoms with Crippen LogP contribution in [0.15, 0.2) is 29.4 Å². The molecule has 1 aromatic rings. The monoisotopic (exact) mass is 238 g/mol. The van der Waals surface area contributed by atoms with Gasteiger partial charge in [-0.2, -0.15) is 5.10 Å². The summed E-state index contributed by atoms with van der Waals surface area (Å²) in [4.78, 5) is 22.1. The molecule has 0 fully saturated rings. The van der Waals surface area contributed by atoms with Crippen LogP contribution >= 0.6 is 11.6 Å². The molecule has 5 heteroatoms. The van der Waals surface area contributed by atoms with Crippen molar-refractivity contribution < 1.29 is 9.59 Å². The van der Waals surface area contributed by atoms with Crippen LogP contribution in [-0.4, -0.2) is 17.3 Å². The van der Waals surface area contributed by atoms with E-state index < -0.39 is 0 Å². The molecule has 1 N–H and O–H groups in total. The number of hydrogen-bond donors (Lipinski definition) is 1. The fraction of sp³-hybridized carbons (Fsp3) is 0.182. The van der Waals surface area contributed by atoms with E-state index in [4.69, 9.17) is 11.6 Å². The molecule has 4 nitrogen and oxygen atoms in total. The van der Waals surface area contributed by atoms with Crippen LogP contribution in [0, 0.1) is 0 Å². The lowest BCUT2D eigenvalue weighted by Crippen LogP contribution is -2.20. The molecule has 0 bridgehead atoms. The topological polar surface area (TPSA) is 58.5 Å². The smallest absolute Gasteiger partial charge is 0.183 e. The van der Waals surface area contributed by atoms with Crippen molar-refractivity contribution >= 4 is 34.6 Å². The predicted molar refractivity (Wildman–Crippen MR) is 63.9 cm³/mol. The van der Waals surface area contributed by atoms with E-state index in [9.17, 15) is 9.59 Å². The normalized spacial score (nSPS) is 9.44. The number of Topliss-reactive ketones (excluding diaryl/α,β-unsaturated/α-hetero) is 2. The second-order valence-electron chi connectivity index (χ2n) is 3.19. The highest BCUT2D eigenvalue weighted by Crippen LogP contribution is 2.14. The van der Waals surface area contributed by atoms with E-state index in [-0.39, 0.29) is 17.3 Å². The molecule has 0 atom stereocenters. The molecule has 0 aliphatic rings. The molecule has 1 aromatic carbocycles. The van der Waals surface area contributed by atoms with Gasteiger partial charge in [0.2, 0.25) is 0 Å². The van der Waals surface area contributed by atoms with E-state index in [1.165, 1.54) is 13.8 Å². The van der Waals surface area contributed by atoms with E-state index in [0.717, 1.165) is 0 Å². The highest BCUT2D eigenvalue weighted by Gasteiger charge is 2.11. The third-order valence-electron chi connectivity index (χ3n) is 1.79. The van der Waals surface area contributed by atoms with Crippen LogP contribution in [0.3, 0.4) is 0 Å². The van der Waals surface area contributed by atoms with Gasteiger partial charge >= 0.3 is 0 Å². The number of anilines is 1. The van der Waals surface area contributed by atoms with Crippen molar-refractivity contribution in [1.29, 1.82) is 0 Å². The van der Waals surface area contributed by atoms with Crippen LogP contribution in [0.2, 0.25) is 5.02 Å². The maximum Gasteiger partial charge on any atom is 0.183 e. The molecule has 0 spiro atoms. The Balaban J connectivity index is 2.85. The lowest BCUT2D eigenvalue weighted by molar-refractivity contribution is -0.114. The third-order valence-corrected chi connectivity index (χ3v) is 2.02. The molecule has 0 unspecified atom stereocenters. The Labute approximate surface area is 98.3 Å². The first-order valence-electron chi connectivity index (χ1n) is 4.62. The quantitative estimate of drug-likeness (QED) is 0.497. The zero-order chi connectivity index (χ0) is 12.1. The average Bonchev–Trinajstić information content (AvgIpc) is 2.16. The first-order valence-corrected chi connectivity index (χ1v) is 4.99. The fourth-order valence-corrected chi connectivity index (χ4v) is 1.27. The Hall–Kier alpha value is -1.68. The maximum atomic E-state index is 11.1. The third kappa shape index (κ3) is 3.47. The zero-order valence-corrected chi connectivity index (χ0v) is 9.71. The van der Waals surface area contributed by atoms with Crippen LogP contribution in [0.5, 0.6) is 0 Å². The summed E-state index contributed by atoms with van der Waals surface area (Å²) in [6.45, 7) is 2.58. The first kappa shape index (κ1) is 12.4. The molecule has 0 saturated heterocycles. The minimum absolute atomic E-state index is 0.111. The van der Waals surface area contributed by atoms with Crippen molar-refractivity contribution in [2.45, 2.75) is 13.8 Å². The summed E-state index contributed by atoms with van der Waals surface area (Å²) in [7, 11) is 0. The molecule has 84 valence electrons. The van der Waals surface area contributed by atoms with Gasteiger partial charge in [-0.15, -0.1) is 0 Å². The largest absolute Gasteiger partial charge is 0.293 e. The van der Waals surface area contributed by atoms with Crippen molar-refractivity contribution in [2.24, 2.45) is 5.10 Å². The molecule has 0 aliphatic carbocycles. The van der Waals surface area contributed by atoms with Gasteiger partial charge in [-0.05, 0) is 18.2 Å². The Morgan fingerprint density at radius 3 is 2.38 bits per heavy atom. The summed E-state index contributed by atoms with van der Waals surface area (Å²) in [5, 5.41) is 4.29. The Bertz CT molecular complexity index is 439. The number of ketones is 2. The minimum Gasteiger partial charge on any atom is -0.293 e. The lowest BCUT2D eigenvalue weighted by Gasteiger charge is -2.02. The van der Waals surface area contributed by atoms with Crippen LogP contribution in [-0.2, 0) is 9.59 Å². The number of hydrogen-bond acceptors (Lipinski definition) is 4. The number of nitrogens with zero attached hydrogens (tertiary/aromatic N) is 1. The number of carbonyl (C=O) groups excluding carboxylic acids is 2. The van der Waals surface area contributed by atoms with Gasteiger partial charge in [0.05, 0.1) is 5.69 Å². The lowest BCUT2D eigenvalue weighted by atomic mass is 10.2. The molecule has 16 heavy (non-hydrogen) atoms. The van der Waals surface area contributed by atoms with Crippen LogP contribution in [0.25, 0.3) is 0 Å². The van der Waals surface area contributed by atoms with Gasteiger partial charge < -0.3 is 0 Å². The second kappa shape index (κ2) is 5.42. The van der Waals surface area contributed by atoms with Gasteiger partial charge in [0, 0.05) is 18.9 Å². The molecule has 0 aliphatic heterocycles. The standard InChI is InChI=1S/C11H11ClN2O2/c1-7(15)11(8(2)16)14-13-10-5-3-4-9(12)6-10/h3-6,13H,1-2H3. The van der Waals surface area contributed by atoms with Crippen LogP contribution in [0.4, 0.5) is 5.69 Å². The number of hydrazone groups is 1. The molecule has 0 amide bonds. The molecule has 0 heterocycles. The van der Waals surface area contributed by atoms with Crippen LogP contribution in [0.1, 0.15) is 13.8 Å². The van der Waals surface area contributed by atoms with E-state index in [1.54, 1.807) is 24.3 Å². The van der Waals surface area contributed by atoms with Gasteiger partial charge in [-0.3, -0.25) is 15.0 Å². The van der Waals surface area contributed by atoms with E-state index in [1.807, 2.05) is 0 Å². The van der Waals surface area contributed by atoms with Gasteiger partial charge in [-0.1, -0.05) is 17.7 Å². The van der Waals surface area contributed by atoms with E-state index in [0.29, 0.717) is 10.7 Å². The Kier molecular flexibility index (Phi) is 4.19. The number of carbonyl (C=O) groups is 2. The summed E-state index contributed by atoms with van der Waals surface area (Å²) in [5.41, 5.74) is 3.12.